The third kappa shape index (κ3) is 9.16. The third-order valence-corrected chi connectivity index (χ3v) is 19.3. The molecular weight excluding hydrogens is 1170 g/mol. The zero-order chi connectivity index (χ0) is 63.8. The van der Waals surface area contributed by atoms with Gasteiger partial charge in [0.25, 0.3) is 0 Å². The molecular formula is C90H56N6. The molecule has 0 radical (unpaired) electrons. The van der Waals surface area contributed by atoms with Crippen LogP contribution >= 0.6 is 0 Å². The number of nitriles is 2. The molecule has 0 aliphatic heterocycles. The second kappa shape index (κ2) is 22.8. The number of nitrogens with zero attached hydrogens (tertiary/aromatic N) is 6. The van der Waals surface area contributed by atoms with Crippen LogP contribution in [0.25, 0.3) is 165 Å². The Balaban J connectivity index is 0.000000141. The van der Waals surface area contributed by atoms with Crippen LogP contribution in [-0.4, -0.2) is 18.3 Å². The Morgan fingerprint density at radius 2 is 0.490 bits per heavy atom. The van der Waals surface area contributed by atoms with E-state index in [1.165, 1.54) is 110 Å². The number of rotatable bonds is 8. The lowest BCUT2D eigenvalue weighted by Crippen LogP contribution is -1.96. The van der Waals surface area contributed by atoms with Gasteiger partial charge in [0.15, 0.2) is 0 Å². The summed E-state index contributed by atoms with van der Waals surface area (Å²) in [5.74, 6) is 0. The smallest absolute Gasteiger partial charge is 0.0998 e. The van der Waals surface area contributed by atoms with Crippen molar-refractivity contribution in [1.29, 1.82) is 10.5 Å². The zero-order valence-electron chi connectivity index (χ0n) is 52.0. The van der Waals surface area contributed by atoms with Gasteiger partial charge >= 0.3 is 0 Å². The summed E-state index contributed by atoms with van der Waals surface area (Å²) in [4.78, 5) is 0. The van der Waals surface area contributed by atoms with Gasteiger partial charge in [0.1, 0.15) is 0 Å². The molecule has 19 rings (SSSR count). The second-order valence-corrected chi connectivity index (χ2v) is 24.6. The van der Waals surface area contributed by atoms with Gasteiger partial charge in [-0.1, -0.05) is 212 Å². The van der Waals surface area contributed by atoms with Crippen molar-refractivity contribution in [3.8, 4) is 79.4 Å². The summed E-state index contributed by atoms with van der Waals surface area (Å²) in [6.07, 6.45) is 0. The Morgan fingerprint density at radius 1 is 0.188 bits per heavy atom. The standard InChI is InChI=1S/C47H29N3.C43H27N3/c48-30-35-24-27-45(38-13-5-4-12-37(35)38)50-44-17-9-7-15-40(44)42-29-34(23-26-47(42)50)32-20-18-31(19-21-32)33-22-25-46-41(28-33)39-14-6-8-16-43(39)49(46)36-10-2-1-3-11-36;44-28-29-15-22-37-39-27-33(21-24-42(39)46(43(37)25-29)35-11-5-2-6-12-35)31-18-16-30(17-19-31)32-20-23-41-38(26-32)36-13-7-8-14-40(36)45(41)34-9-3-1-4-10-34/h1-29H;1-27H. The van der Waals surface area contributed by atoms with Crippen LogP contribution in [0.2, 0.25) is 0 Å². The highest BCUT2D eigenvalue weighted by Gasteiger charge is 2.20. The Morgan fingerprint density at radius 3 is 0.875 bits per heavy atom. The molecule has 0 bridgehead atoms. The lowest BCUT2D eigenvalue weighted by atomic mass is 9.98. The molecule has 0 atom stereocenters. The van der Waals surface area contributed by atoms with Gasteiger partial charge in [-0.3, -0.25) is 0 Å². The molecule has 0 N–H and O–H groups in total. The van der Waals surface area contributed by atoms with Gasteiger partial charge in [-0.05, 0) is 172 Å². The van der Waals surface area contributed by atoms with Crippen molar-refractivity contribution in [2.75, 3.05) is 0 Å². The molecule has 0 saturated carbocycles. The minimum atomic E-state index is 0.658. The molecule has 0 unspecified atom stereocenters. The maximum absolute atomic E-state index is 9.78. The summed E-state index contributed by atoms with van der Waals surface area (Å²) < 4.78 is 9.30. The quantitative estimate of drug-likeness (QED) is 0.152. The first-order valence-electron chi connectivity index (χ1n) is 32.4. The fourth-order valence-corrected chi connectivity index (χ4v) is 14.8. The highest BCUT2D eigenvalue weighted by molar-refractivity contribution is 6.15. The van der Waals surface area contributed by atoms with Gasteiger partial charge in [0.05, 0.1) is 73.1 Å². The molecule has 6 heteroatoms. The van der Waals surface area contributed by atoms with Crippen LogP contribution in [0, 0.1) is 22.7 Å². The molecule has 6 nitrogen and oxygen atoms in total. The average Bonchev–Trinajstić information content (AvgIpc) is 1.61. The fourth-order valence-electron chi connectivity index (χ4n) is 14.8. The van der Waals surface area contributed by atoms with Gasteiger partial charge in [-0.25, -0.2) is 0 Å². The molecule has 4 heterocycles. The topological polar surface area (TPSA) is 67.3 Å². The van der Waals surface area contributed by atoms with Crippen LogP contribution in [0.1, 0.15) is 11.1 Å². The van der Waals surface area contributed by atoms with Gasteiger partial charge in [-0.15, -0.1) is 0 Å². The number of para-hydroxylation sites is 6. The Bertz CT molecular complexity index is 6370. The van der Waals surface area contributed by atoms with Crippen molar-refractivity contribution in [1.82, 2.24) is 18.3 Å². The first-order valence-corrected chi connectivity index (χ1v) is 32.4. The van der Waals surface area contributed by atoms with Gasteiger partial charge in [0.2, 0.25) is 0 Å². The van der Waals surface area contributed by atoms with E-state index in [1.54, 1.807) is 0 Å². The largest absolute Gasteiger partial charge is 0.309 e. The summed E-state index contributed by atoms with van der Waals surface area (Å²) in [6.45, 7) is 0. The van der Waals surface area contributed by atoms with Crippen molar-refractivity contribution in [3.63, 3.8) is 0 Å². The lowest BCUT2D eigenvalue weighted by Gasteiger charge is -2.13. The highest BCUT2D eigenvalue weighted by Crippen LogP contribution is 2.42. The number of hydrogen-bond donors (Lipinski definition) is 0. The Labute approximate surface area is 553 Å². The molecule has 0 fully saturated rings. The van der Waals surface area contributed by atoms with Crippen LogP contribution in [0.4, 0.5) is 0 Å². The van der Waals surface area contributed by atoms with E-state index in [1.807, 2.05) is 42.5 Å². The van der Waals surface area contributed by atoms with Crippen molar-refractivity contribution in [2.45, 2.75) is 0 Å². The van der Waals surface area contributed by atoms with Crippen LogP contribution in [0.3, 0.4) is 0 Å². The summed E-state index contributed by atoms with van der Waals surface area (Å²) >= 11 is 0. The van der Waals surface area contributed by atoms with Crippen molar-refractivity contribution in [3.05, 3.63) is 351 Å². The first kappa shape index (κ1) is 55.6. The molecule has 0 saturated heterocycles. The first-order chi connectivity index (χ1) is 47.5. The van der Waals surface area contributed by atoms with E-state index in [0.717, 1.165) is 55.2 Å². The maximum atomic E-state index is 9.78. The van der Waals surface area contributed by atoms with E-state index in [9.17, 15) is 10.5 Å². The molecule has 15 aromatic carbocycles. The van der Waals surface area contributed by atoms with Crippen molar-refractivity contribution >= 4 is 98.0 Å². The fraction of sp³-hybridized carbons (Fsp3) is 0. The minimum absolute atomic E-state index is 0.658. The molecule has 19 aromatic rings. The average molecular weight is 1220 g/mol. The summed E-state index contributed by atoms with van der Waals surface area (Å²) in [5, 5.41) is 31.2. The predicted molar refractivity (Wildman–Crippen MR) is 399 cm³/mol. The molecule has 0 amide bonds. The second-order valence-electron chi connectivity index (χ2n) is 24.6. The third-order valence-electron chi connectivity index (χ3n) is 19.3. The molecule has 446 valence electrons. The number of aromatic nitrogens is 4. The van der Waals surface area contributed by atoms with Gasteiger partial charge in [-0.2, -0.15) is 10.5 Å². The number of benzene rings is 15. The molecule has 4 aromatic heterocycles. The number of fused-ring (bicyclic) bond motifs is 13. The van der Waals surface area contributed by atoms with E-state index in [2.05, 4.69) is 328 Å². The SMILES string of the molecule is N#Cc1ccc(-n2c3ccccc3c3cc(-c4ccc(-c5ccc6c(c5)c5ccccc5n6-c5ccccc5)cc4)ccc32)c2ccccc12.N#Cc1ccc2c3cc(-c4ccc(-c5ccc6c(c5)c5ccccc5n6-c5ccccc5)cc4)ccc3n(-c3ccccc3)c2c1. The molecule has 0 aliphatic rings. The van der Waals surface area contributed by atoms with E-state index in [0.29, 0.717) is 11.1 Å². The summed E-state index contributed by atoms with van der Waals surface area (Å²) in [7, 11) is 0. The van der Waals surface area contributed by atoms with Crippen LogP contribution < -0.4 is 0 Å². The molecule has 0 aliphatic carbocycles. The van der Waals surface area contributed by atoms with Gasteiger partial charge in [0, 0.05) is 70.9 Å². The van der Waals surface area contributed by atoms with Gasteiger partial charge < -0.3 is 18.3 Å². The highest BCUT2D eigenvalue weighted by atomic mass is 15.0. The van der Waals surface area contributed by atoms with Crippen LogP contribution in [0.5, 0.6) is 0 Å². The monoisotopic (exact) mass is 1220 g/mol. The Hall–Kier alpha value is -13.3. The molecule has 96 heavy (non-hydrogen) atoms. The zero-order valence-corrected chi connectivity index (χ0v) is 52.0. The maximum Gasteiger partial charge on any atom is 0.0998 e. The van der Waals surface area contributed by atoms with Crippen LogP contribution in [0.15, 0.2) is 340 Å². The summed E-state index contributed by atoms with van der Waals surface area (Å²) in [5.41, 5.74) is 24.6. The van der Waals surface area contributed by atoms with E-state index >= 15 is 0 Å². The number of hydrogen-bond acceptors (Lipinski definition) is 2. The summed E-state index contributed by atoms with van der Waals surface area (Å²) in [6, 6.07) is 125. The van der Waals surface area contributed by atoms with E-state index in [-0.39, 0.29) is 0 Å². The predicted octanol–water partition coefficient (Wildman–Crippen LogP) is 23.3. The van der Waals surface area contributed by atoms with Crippen LogP contribution in [-0.2, 0) is 0 Å². The van der Waals surface area contributed by atoms with Crippen molar-refractivity contribution < 1.29 is 0 Å². The normalized spacial score (nSPS) is 11.5. The van der Waals surface area contributed by atoms with E-state index in [4.69, 9.17) is 0 Å². The van der Waals surface area contributed by atoms with Crippen molar-refractivity contribution in [2.24, 2.45) is 0 Å². The van der Waals surface area contributed by atoms with E-state index < -0.39 is 0 Å². The lowest BCUT2D eigenvalue weighted by molar-refractivity contribution is 1.18. The molecule has 0 spiro atoms. The Kier molecular flexibility index (Phi) is 13.2. The minimum Gasteiger partial charge on any atom is -0.309 e.